The summed E-state index contributed by atoms with van der Waals surface area (Å²) < 4.78 is 6.10. The summed E-state index contributed by atoms with van der Waals surface area (Å²) in [5, 5.41) is 0. The van der Waals surface area contributed by atoms with Gasteiger partial charge in [0.2, 0.25) is 0 Å². The van der Waals surface area contributed by atoms with Gasteiger partial charge in [-0.15, -0.1) is 0 Å². The molecule has 4 heteroatoms. The zero-order valence-corrected chi connectivity index (χ0v) is 13.4. The second-order valence-corrected chi connectivity index (χ2v) is 6.04. The minimum absolute atomic E-state index is 0.105. The van der Waals surface area contributed by atoms with E-state index in [4.69, 9.17) is 4.74 Å². The van der Waals surface area contributed by atoms with Crippen molar-refractivity contribution < 1.29 is 9.53 Å². The molecule has 1 amide bonds. The minimum atomic E-state index is 0.105. The van der Waals surface area contributed by atoms with Crippen molar-refractivity contribution in [2.24, 2.45) is 0 Å². The number of carbonyl (C=O) groups excluding carboxylic acids is 1. The van der Waals surface area contributed by atoms with Gasteiger partial charge in [-0.3, -0.25) is 4.79 Å². The third kappa shape index (κ3) is 2.95. The number of carbonyl (C=O) groups is 1. The summed E-state index contributed by atoms with van der Waals surface area (Å²) in [4.78, 5) is 14.5. The molecule has 0 radical (unpaired) electrons. The van der Waals surface area contributed by atoms with Crippen LogP contribution in [0.5, 0.6) is 5.75 Å². The molecule has 2 aromatic rings. The van der Waals surface area contributed by atoms with Crippen LogP contribution in [0.25, 0.3) is 0 Å². The molecule has 2 aromatic carbocycles. The fraction of sp³-hybridized carbons (Fsp3) is 0.235. The van der Waals surface area contributed by atoms with E-state index < -0.39 is 0 Å². The zero-order valence-electron chi connectivity index (χ0n) is 11.8. The number of benzene rings is 2. The molecule has 0 aliphatic carbocycles. The highest BCUT2D eigenvalue weighted by molar-refractivity contribution is 9.10. The van der Waals surface area contributed by atoms with Gasteiger partial charge in [0.1, 0.15) is 5.75 Å². The Morgan fingerprint density at radius 3 is 2.67 bits per heavy atom. The maximum Gasteiger partial charge on any atom is 0.254 e. The molecular formula is C17H16BrNO2. The van der Waals surface area contributed by atoms with Gasteiger partial charge in [0, 0.05) is 23.1 Å². The number of hydrogen-bond donors (Lipinski definition) is 0. The molecular weight excluding hydrogens is 330 g/mol. The number of ether oxygens (including phenoxy) is 1. The monoisotopic (exact) mass is 345 g/mol. The Hall–Kier alpha value is -1.81. The molecule has 3 nitrogen and oxygen atoms in total. The largest absolute Gasteiger partial charge is 0.497 e. The van der Waals surface area contributed by atoms with Crippen molar-refractivity contribution in [2.45, 2.75) is 13.0 Å². The Labute approximate surface area is 132 Å². The van der Waals surface area contributed by atoms with Gasteiger partial charge in [-0.2, -0.15) is 0 Å². The van der Waals surface area contributed by atoms with E-state index in [2.05, 4.69) is 15.9 Å². The first kappa shape index (κ1) is 14.1. The molecule has 1 heterocycles. The lowest BCUT2D eigenvalue weighted by molar-refractivity contribution is 0.0727. The van der Waals surface area contributed by atoms with Crippen molar-refractivity contribution in [2.75, 3.05) is 13.7 Å². The summed E-state index contributed by atoms with van der Waals surface area (Å²) in [7, 11) is 1.65. The molecule has 0 spiro atoms. The van der Waals surface area contributed by atoms with Crippen LogP contribution < -0.4 is 4.74 Å². The highest BCUT2D eigenvalue weighted by Crippen LogP contribution is 2.24. The van der Waals surface area contributed by atoms with Crippen molar-refractivity contribution >= 4 is 21.8 Å². The lowest BCUT2D eigenvalue weighted by atomic mass is 9.98. The number of rotatable bonds is 3. The van der Waals surface area contributed by atoms with Crippen LogP contribution in [0, 0.1) is 0 Å². The summed E-state index contributed by atoms with van der Waals surface area (Å²) >= 11 is 3.44. The van der Waals surface area contributed by atoms with Gasteiger partial charge in [-0.25, -0.2) is 0 Å². The summed E-state index contributed by atoms with van der Waals surface area (Å²) in [6, 6.07) is 13.8. The number of fused-ring (bicyclic) bond motifs is 1. The average Bonchev–Trinajstić information content (AvgIpc) is 2.51. The van der Waals surface area contributed by atoms with E-state index in [0.717, 1.165) is 39.9 Å². The summed E-state index contributed by atoms with van der Waals surface area (Å²) in [5.74, 6) is 0.936. The van der Waals surface area contributed by atoms with E-state index >= 15 is 0 Å². The van der Waals surface area contributed by atoms with Crippen LogP contribution in [-0.2, 0) is 13.0 Å². The average molecular weight is 346 g/mol. The third-order valence-corrected chi connectivity index (χ3v) is 4.27. The molecule has 3 rings (SSSR count). The van der Waals surface area contributed by atoms with Crippen LogP contribution in [0.15, 0.2) is 46.9 Å². The first-order valence-electron chi connectivity index (χ1n) is 6.88. The Balaban J connectivity index is 1.79. The first-order valence-corrected chi connectivity index (χ1v) is 7.67. The van der Waals surface area contributed by atoms with E-state index in [1.54, 1.807) is 7.11 Å². The molecule has 0 saturated heterocycles. The zero-order chi connectivity index (χ0) is 14.8. The highest BCUT2D eigenvalue weighted by Gasteiger charge is 2.24. The second-order valence-electron chi connectivity index (χ2n) is 5.13. The molecule has 0 saturated carbocycles. The van der Waals surface area contributed by atoms with Crippen molar-refractivity contribution in [3.8, 4) is 5.75 Å². The van der Waals surface area contributed by atoms with Gasteiger partial charge in [-0.05, 0) is 41.8 Å². The number of methoxy groups -OCH3 is 1. The molecule has 1 aliphatic rings. The maximum absolute atomic E-state index is 12.6. The maximum atomic E-state index is 12.6. The molecule has 0 fully saturated rings. The van der Waals surface area contributed by atoms with Crippen LogP contribution in [-0.4, -0.2) is 24.5 Å². The summed E-state index contributed by atoms with van der Waals surface area (Å²) in [6.45, 7) is 1.40. The summed E-state index contributed by atoms with van der Waals surface area (Å²) in [6.07, 6.45) is 0.907. The second kappa shape index (κ2) is 5.90. The fourth-order valence-corrected chi connectivity index (χ4v) is 2.96. The lowest BCUT2D eigenvalue weighted by Gasteiger charge is -2.28. The van der Waals surface area contributed by atoms with Crippen molar-refractivity contribution in [1.29, 1.82) is 0 Å². The predicted molar refractivity (Wildman–Crippen MR) is 85.6 cm³/mol. The van der Waals surface area contributed by atoms with Crippen LogP contribution in [0.1, 0.15) is 21.5 Å². The topological polar surface area (TPSA) is 29.5 Å². The molecule has 108 valence electrons. The van der Waals surface area contributed by atoms with E-state index in [9.17, 15) is 4.79 Å². The number of amides is 1. The molecule has 21 heavy (non-hydrogen) atoms. The number of nitrogens with zero attached hydrogens (tertiary/aromatic N) is 1. The predicted octanol–water partition coefficient (Wildman–Crippen LogP) is 3.66. The highest BCUT2D eigenvalue weighted by atomic mass is 79.9. The Morgan fingerprint density at radius 1 is 1.19 bits per heavy atom. The molecule has 0 N–H and O–H groups in total. The van der Waals surface area contributed by atoms with E-state index in [1.165, 1.54) is 0 Å². The van der Waals surface area contributed by atoms with Crippen LogP contribution >= 0.6 is 15.9 Å². The van der Waals surface area contributed by atoms with Crippen LogP contribution in [0.4, 0.5) is 0 Å². The quantitative estimate of drug-likeness (QED) is 0.849. The van der Waals surface area contributed by atoms with Crippen LogP contribution in [0.2, 0.25) is 0 Å². The van der Waals surface area contributed by atoms with E-state index in [1.807, 2.05) is 47.4 Å². The SMILES string of the molecule is COc1ccc(CN2CCc3ccc(Br)cc3C2=O)cc1. The fourth-order valence-electron chi connectivity index (χ4n) is 2.60. The van der Waals surface area contributed by atoms with Gasteiger partial charge < -0.3 is 9.64 Å². The lowest BCUT2D eigenvalue weighted by Crippen LogP contribution is -2.37. The van der Waals surface area contributed by atoms with Gasteiger partial charge >= 0.3 is 0 Å². The van der Waals surface area contributed by atoms with Gasteiger partial charge in [0.15, 0.2) is 0 Å². The third-order valence-electron chi connectivity index (χ3n) is 3.77. The van der Waals surface area contributed by atoms with Crippen LogP contribution in [0.3, 0.4) is 0 Å². The van der Waals surface area contributed by atoms with Gasteiger partial charge in [0.05, 0.1) is 7.11 Å². The Kier molecular flexibility index (Phi) is 3.97. The molecule has 0 bridgehead atoms. The number of hydrogen-bond acceptors (Lipinski definition) is 2. The van der Waals surface area contributed by atoms with E-state index in [0.29, 0.717) is 6.54 Å². The standard InChI is InChI=1S/C17H16BrNO2/c1-21-15-6-2-12(3-7-15)11-19-9-8-13-4-5-14(18)10-16(13)17(19)20/h2-7,10H,8-9,11H2,1H3. The number of halogens is 1. The first-order chi connectivity index (χ1) is 10.2. The Bertz CT molecular complexity index is 667. The minimum Gasteiger partial charge on any atom is -0.497 e. The molecule has 0 unspecified atom stereocenters. The van der Waals surface area contributed by atoms with E-state index in [-0.39, 0.29) is 5.91 Å². The smallest absolute Gasteiger partial charge is 0.254 e. The van der Waals surface area contributed by atoms with Gasteiger partial charge in [0.25, 0.3) is 5.91 Å². The molecule has 1 aliphatic heterocycles. The summed E-state index contributed by atoms with van der Waals surface area (Å²) in [5.41, 5.74) is 3.06. The molecule has 0 atom stereocenters. The molecule has 0 aromatic heterocycles. The van der Waals surface area contributed by atoms with Crippen molar-refractivity contribution in [3.63, 3.8) is 0 Å². The van der Waals surface area contributed by atoms with Crippen molar-refractivity contribution in [3.05, 3.63) is 63.6 Å². The Morgan fingerprint density at radius 2 is 1.95 bits per heavy atom. The van der Waals surface area contributed by atoms with Gasteiger partial charge in [-0.1, -0.05) is 34.1 Å². The van der Waals surface area contributed by atoms with Crippen molar-refractivity contribution in [1.82, 2.24) is 4.90 Å². The normalized spacial score (nSPS) is 14.0.